The van der Waals surface area contributed by atoms with Crippen LogP contribution in [0.1, 0.15) is 12.5 Å². The Labute approximate surface area is 116 Å². The van der Waals surface area contributed by atoms with Crippen molar-refractivity contribution in [2.75, 3.05) is 31.6 Å². The highest BCUT2D eigenvalue weighted by Crippen LogP contribution is 2.29. The monoisotopic (exact) mass is 260 g/mol. The van der Waals surface area contributed by atoms with Crippen molar-refractivity contribution in [1.82, 2.24) is 5.32 Å². The van der Waals surface area contributed by atoms with E-state index >= 15 is 0 Å². The van der Waals surface area contributed by atoms with Crippen LogP contribution in [0.2, 0.25) is 0 Å². The third kappa shape index (κ3) is 4.45. The van der Waals surface area contributed by atoms with Crippen LogP contribution in [0.25, 0.3) is 0 Å². The summed E-state index contributed by atoms with van der Waals surface area (Å²) in [6.07, 6.45) is 3.77. The average molecular weight is 260 g/mol. The summed E-state index contributed by atoms with van der Waals surface area (Å²) < 4.78 is 5.50. The van der Waals surface area contributed by atoms with Crippen molar-refractivity contribution in [1.29, 1.82) is 0 Å². The van der Waals surface area contributed by atoms with Gasteiger partial charge in [0.2, 0.25) is 0 Å². The van der Waals surface area contributed by atoms with Crippen LogP contribution >= 0.6 is 0 Å². The minimum atomic E-state index is 0.773. The van der Waals surface area contributed by atoms with Crippen molar-refractivity contribution >= 4 is 5.69 Å². The molecular weight excluding hydrogens is 236 g/mol. The van der Waals surface area contributed by atoms with Gasteiger partial charge in [-0.2, -0.15) is 0 Å². The lowest BCUT2D eigenvalue weighted by Gasteiger charge is -2.24. The van der Waals surface area contributed by atoms with E-state index in [1.807, 2.05) is 12.2 Å². The van der Waals surface area contributed by atoms with Crippen LogP contribution in [0.3, 0.4) is 0 Å². The molecule has 0 unspecified atom stereocenters. The molecule has 1 rings (SSSR count). The van der Waals surface area contributed by atoms with E-state index in [0.29, 0.717) is 0 Å². The molecule has 0 amide bonds. The van der Waals surface area contributed by atoms with Gasteiger partial charge in [0.1, 0.15) is 5.75 Å². The molecule has 0 aromatic heterocycles. The predicted molar refractivity (Wildman–Crippen MR) is 83.0 cm³/mol. The van der Waals surface area contributed by atoms with Gasteiger partial charge in [0.15, 0.2) is 0 Å². The molecule has 0 heterocycles. The van der Waals surface area contributed by atoms with E-state index < -0.39 is 0 Å². The van der Waals surface area contributed by atoms with Gasteiger partial charge >= 0.3 is 0 Å². The minimum Gasteiger partial charge on any atom is -0.495 e. The van der Waals surface area contributed by atoms with Crippen LogP contribution < -0.4 is 15.0 Å². The fourth-order valence-electron chi connectivity index (χ4n) is 1.95. The molecule has 0 aliphatic rings. The molecule has 0 aliphatic carbocycles. The maximum absolute atomic E-state index is 5.50. The quantitative estimate of drug-likeness (QED) is 0.691. The van der Waals surface area contributed by atoms with E-state index in [1.54, 1.807) is 7.11 Å². The molecule has 104 valence electrons. The van der Waals surface area contributed by atoms with Gasteiger partial charge < -0.3 is 15.0 Å². The number of hydrogen-bond donors (Lipinski definition) is 1. The number of benzene rings is 1. The highest BCUT2D eigenvalue weighted by molar-refractivity contribution is 5.60. The number of nitrogens with zero attached hydrogens (tertiary/aromatic N) is 1. The van der Waals surface area contributed by atoms with Crippen LogP contribution in [0.5, 0.6) is 5.75 Å². The van der Waals surface area contributed by atoms with Gasteiger partial charge in [-0.05, 0) is 24.2 Å². The number of rotatable bonds is 9. The number of anilines is 1. The van der Waals surface area contributed by atoms with Crippen LogP contribution in [-0.4, -0.2) is 26.7 Å². The summed E-state index contributed by atoms with van der Waals surface area (Å²) in [6.45, 7) is 13.1. The van der Waals surface area contributed by atoms with Gasteiger partial charge in [0, 0.05) is 19.6 Å². The second-order valence-corrected chi connectivity index (χ2v) is 4.27. The molecule has 3 nitrogen and oxygen atoms in total. The molecule has 0 spiro atoms. The summed E-state index contributed by atoms with van der Waals surface area (Å²) in [5, 5.41) is 3.31. The molecule has 0 bridgehead atoms. The van der Waals surface area contributed by atoms with Crippen molar-refractivity contribution in [3.63, 3.8) is 0 Å². The zero-order valence-electron chi connectivity index (χ0n) is 12.0. The SMILES string of the molecule is C=CCN(CC=C)c1ccc(CNCC)cc1OC. The normalized spacial score (nSPS) is 10.0. The van der Waals surface area contributed by atoms with Crippen molar-refractivity contribution in [3.05, 3.63) is 49.1 Å². The summed E-state index contributed by atoms with van der Waals surface area (Å²) in [7, 11) is 1.70. The smallest absolute Gasteiger partial charge is 0.142 e. The van der Waals surface area contributed by atoms with Gasteiger partial charge in [-0.15, -0.1) is 13.2 Å². The number of hydrogen-bond acceptors (Lipinski definition) is 3. The maximum Gasteiger partial charge on any atom is 0.142 e. The van der Waals surface area contributed by atoms with Gasteiger partial charge in [-0.3, -0.25) is 0 Å². The van der Waals surface area contributed by atoms with Crippen LogP contribution in [-0.2, 0) is 6.54 Å². The summed E-state index contributed by atoms with van der Waals surface area (Å²) in [5.41, 5.74) is 2.29. The third-order valence-electron chi connectivity index (χ3n) is 2.86. The first-order chi connectivity index (χ1) is 9.26. The fourth-order valence-corrected chi connectivity index (χ4v) is 1.95. The lowest BCUT2D eigenvalue weighted by atomic mass is 10.1. The molecule has 0 atom stereocenters. The molecule has 0 saturated carbocycles. The molecule has 0 saturated heterocycles. The van der Waals surface area contributed by atoms with Gasteiger partial charge in [-0.25, -0.2) is 0 Å². The first-order valence-electron chi connectivity index (χ1n) is 6.61. The zero-order chi connectivity index (χ0) is 14.1. The lowest BCUT2D eigenvalue weighted by molar-refractivity contribution is 0.414. The predicted octanol–water partition coefficient (Wildman–Crippen LogP) is 2.98. The molecule has 1 aromatic carbocycles. The van der Waals surface area contributed by atoms with Crippen LogP contribution in [0.4, 0.5) is 5.69 Å². The highest BCUT2D eigenvalue weighted by Gasteiger charge is 2.10. The summed E-state index contributed by atoms with van der Waals surface area (Å²) in [4.78, 5) is 2.18. The largest absolute Gasteiger partial charge is 0.495 e. The Morgan fingerprint density at radius 1 is 1.26 bits per heavy atom. The Hall–Kier alpha value is -1.74. The maximum atomic E-state index is 5.50. The van der Waals surface area contributed by atoms with Crippen molar-refractivity contribution in [2.45, 2.75) is 13.5 Å². The Balaban J connectivity index is 2.98. The average Bonchev–Trinajstić information content (AvgIpc) is 2.44. The second-order valence-electron chi connectivity index (χ2n) is 4.27. The van der Waals surface area contributed by atoms with Gasteiger partial charge in [-0.1, -0.05) is 25.1 Å². The van der Waals surface area contributed by atoms with E-state index in [2.05, 4.69) is 48.5 Å². The van der Waals surface area contributed by atoms with E-state index in [9.17, 15) is 0 Å². The zero-order valence-corrected chi connectivity index (χ0v) is 12.0. The number of methoxy groups -OCH3 is 1. The summed E-state index contributed by atoms with van der Waals surface area (Å²) >= 11 is 0. The molecular formula is C16H24N2O. The first-order valence-corrected chi connectivity index (χ1v) is 6.61. The Bertz CT molecular complexity index is 405. The van der Waals surface area contributed by atoms with Crippen LogP contribution in [0.15, 0.2) is 43.5 Å². The van der Waals surface area contributed by atoms with E-state index in [-0.39, 0.29) is 0 Å². The van der Waals surface area contributed by atoms with Gasteiger partial charge in [0.25, 0.3) is 0 Å². The highest BCUT2D eigenvalue weighted by atomic mass is 16.5. The minimum absolute atomic E-state index is 0.773. The van der Waals surface area contributed by atoms with E-state index in [1.165, 1.54) is 5.56 Å². The third-order valence-corrected chi connectivity index (χ3v) is 2.86. The topological polar surface area (TPSA) is 24.5 Å². The number of ether oxygens (including phenoxy) is 1. The Morgan fingerprint density at radius 2 is 1.95 bits per heavy atom. The molecule has 3 heteroatoms. The Morgan fingerprint density at radius 3 is 2.47 bits per heavy atom. The molecule has 1 N–H and O–H groups in total. The summed E-state index contributed by atoms with van der Waals surface area (Å²) in [6, 6.07) is 6.30. The van der Waals surface area contributed by atoms with E-state index in [4.69, 9.17) is 4.74 Å². The van der Waals surface area contributed by atoms with E-state index in [0.717, 1.165) is 37.6 Å². The fraction of sp³-hybridized carbons (Fsp3) is 0.375. The standard InChI is InChI=1S/C16H24N2O/c1-5-10-18(11-6-2)15-9-8-14(13-17-7-3)12-16(15)19-4/h5-6,8-9,12,17H,1-2,7,10-11,13H2,3-4H3. The van der Waals surface area contributed by atoms with Crippen molar-refractivity contribution in [3.8, 4) is 5.75 Å². The van der Waals surface area contributed by atoms with Crippen molar-refractivity contribution in [2.24, 2.45) is 0 Å². The number of nitrogens with one attached hydrogen (secondary N) is 1. The Kier molecular flexibility index (Phi) is 6.75. The molecule has 19 heavy (non-hydrogen) atoms. The molecule has 0 fully saturated rings. The van der Waals surface area contributed by atoms with Crippen molar-refractivity contribution < 1.29 is 4.74 Å². The molecule has 1 aromatic rings. The molecule has 0 aliphatic heterocycles. The second kappa shape index (κ2) is 8.38. The van der Waals surface area contributed by atoms with Crippen LogP contribution in [0, 0.1) is 0 Å². The molecule has 0 radical (unpaired) electrons. The first kappa shape index (κ1) is 15.3. The summed E-state index contributed by atoms with van der Waals surface area (Å²) in [5.74, 6) is 0.888. The lowest BCUT2D eigenvalue weighted by Crippen LogP contribution is -2.23. The van der Waals surface area contributed by atoms with Gasteiger partial charge in [0.05, 0.1) is 12.8 Å².